The number of sulfonamides is 1. The molecule has 1 N–H and O–H groups in total. The quantitative estimate of drug-likeness (QED) is 0.921. The largest absolute Gasteiger partial charge is 0.318 e. The molecule has 0 bridgehead atoms. The van der Waals surface area contributed by atoms with Gasteiger partial charge in [-0.1, -0.05) is 17.7 Å². The minimum absolute atomic E-state index is 0. The van der Waals surface area contributed by atoms with Gasteiger partial charge in [-0.05, 0) is 51.8 Å². The number of rotatable bonds is 4. The number of nitrogens with zero attached hydrogens (tertiary/aromatic N) is 1. The van der Waals surface area contributed by atoms with E-state index in [1.165, 1.54) is 0 Å². The van der Waals surface area contributed by atoms with Gasteiger partial charge in [0, 0.05) is 19.1 Å². The number of benzene rings is 1. The van der Waals surface area contributed by atoms with Crippen molar-refractivity contribution in [1.29, 1.82) is 0 Å². The average Bonchev–Trinajstić information content (AvgIpc) is 2.76. The van der Waals surface area contributed by atoms with Crippen LogP contribution < -0.4 is 5.32 Å². The fraction of sp³-hybridized carbons (Fsp3) is 0.600. The van der Waals surface area contributed by atoms with Crippen LogP contribution in [0.25, 0.3) is 0 Å². The summed E-state index contributed by atoms with van der Waals surface area (Å²) in [7, 11) is -1.53. The monoisotopic (exact) mass is 332 g/mol. The summed E-state index contributed by atoms with van der Waals surface area (Å²) in [6.07, 6.45) is 1.87. The number of aryl methyl sites for hydroxylation is 3. The number of nitrogens with one attached hydrogen (secondary N) is 1. The Labute approximate surface area is 134 Å². The molecule has 1 atom stereocenters. The summed E-state index contributed by atoms with van der Waals surface area (Å²) in [5.41, 5.74) is 2.79. The van der Waals surface area contributed by atoms with Gasteiger partial charge in [-0.3, -0.25) is 0 Å². The molecule has 2 rings (SSSR count). The summed E-state index contributed by atoms with van der Waals surface area (Å²) >= 11 is 0. The molecule has 1 aromatic rings. The van der Waals surface area contributed by atoms with E-state index >= 15 is 0 Å². The summed E-state index contributed by atoms with van der Waals surface area (Å²) in [5.74, 6) is 0. The molecule has 0 saturated carbocycles. The van der Waals surface area contributed by atoms with Gasteiger partial charge in [0.05, 0.1) is 4.90 Å². The maximum absolute atomic E-state index is 13.0. The highest BCUT2D eigenvalue weighted by atomic mass is 35.5. The van der Waals surface area contributed by atoms with E-state index in [2.05, 4.69) is 5.32 Å². The first kappa shape index (κ1) is 18.4. The van der Waals surface area contributed by atoms with E-state index in [9.17, 15) is 8.42 Å². The van der Waals surface area contributed by atoms with Crippen LogP contribution in [0.2, 0.25) is 0 Å². The first-order valence-electron chi connectivity index (χ1n) is 7.12. The van der Waals surface area contributed by atoms with Crippen LogP contribution in [0.5, 0.6) is 0 Å². The van der Waals surface area contributed by atoms with E-state index in [1.54, 1.807) is 4.31 Å². The Morgan fingerprint density at radius 3 is 2.33 bits per heavy atom. The number of hydrogen-bond donors (Lipinski definition) is 1. The van der Waals surface area contributed by atoms with Gasteiger partial charge in [-0.2, -0.15) is 4.31 Å². The minimum atomic E-state index is -3.39. The maximum atomic E-state index is 13.0. The number of halogens is 1. The van der Waals surface area contributed by atoms with Crippen LogP contribution in [-0.4, -0.2) is 38.9 Å². The van der Waals surface area contributed by atoms with Crippen molar-refractivity contribution in [2.75, 3.05) is 20.1 Å². The molecule has 0 aromatic heterocycles. The molecule has 1 heterocycles. The summed E-state index contributed by atoms with van der Waals surface area (Å²) in [4.78, 5) is 0.492. The zero-order valence-corrected chi connectivity index (χ0v) is 14.8. The molecule has 1 aromatic carbocycles. The second-order valence-corrected chi connectivity index (χ2v) is 7.52. The average molecular weight is 333 g/mol. The van der Waals surface area contributed by atoms with Gasteiger partial charge < -0.3 is 5.32 Å². The van der Waals surface area contributed by atoms with Crippen LogP contribution >= 0.6 is 12.4 Å². The standard InChI is InChI=1S/C15H24N2O2S.ClH/c1-11-8-12(2)15(13(3)9-11)20(18,19)17-7-5-6-14(17)10-16-4;/h8-9,14,16H,5-7,10H2,1-4H3;1H. The topological polar surface area (TPSA) is 49.4 Å². The lowest BCUT2D eigenvalue weighted by atomic mass is 10.1. The number of likely N-dealkylation sites (N-methyl/N-ethyl adjacent to an activating group) is 1. The van der Waals surface area contributed by atoms with Crippen LogP contribution in [0.3, 0.4) is 0 Å². The molecule has 21 heavy (non-hydrogen) atoms. The molecule has 0 aliphatic carbocycles. The van der Waals surface area contributed by atoms with Crippen molar-refractivity contribution in [2.24, 2.45) is 0 Å². The highest BCUT2D eigenvalue weighted by Crippen LogP contribution is 2.30. The molecule has 1 saturated heterocycles. The van der Waals surface area contributed by atoms with Crippen molar-refractivity contribution in [1.82, 2.24) is 9.62 Å². The van der Waals surface area contributed by atoms with Gasteiger partial charge in [-0.15, -0.1) is 12.4 Å². The number of hydrogen-bond acceptors (Lipinski definition) is 3. The molecule has 0 radical (unpaired) electrons. The van der Waals surface area contributed by atoms with Gasteiger partial charge in [-0.25, -0.2) is 8.42 Å². The molecule has 0 amide bonds. The maximum Gasteiger partial charge on any atom is 0.243 e. The molecule has 120 valence electrons. The lowest BCUT2D eigenvalue weighted by molar-refractivity contribution is 0.378. The van der Waals surface area contributed by atoms with Crippen LogP contribution in [0, 0.1) is 20.8 Å². The SMILES string of the molecule is CNCC1CCCN1S(=O)(=O)c1c(C)cc(C)cc1C.Cl. The Bertz CT molecular complexity index is 579. The van der Waals surface area contributed by atoms with Gasteiger partial charge in [0.2, 0.25) is 10.0 Å². The smallest absolute Gasteiger partial charge is 0.243 e. The summed E-state index contributed by atoms with van der Waals surface area (Å²) in [6, 6.07) is 3.97. The zero-order valence-electron chi connectivity index (χ0n) is 13.1. The fourth-order valence-corrected chi connectivity index (χ4v) is 5.36. The third kappa shape index (κ3) is 3.59. The molecular formula is C15H25ClN2O2S. The third-order valence-electron chi connectivity index (χ3n) is 3.93. The zero-order chi connectivity index (χ0) is 14.9. The molecular weight excluding hydrogens is 308 g/mol. The molecule has 1 fully saturated rings. The van der Waals surface area contributed by atoms with Gasteiger partial charge in [0.15, 0.2) is 0 Å². The van der Waals surface area contributed by atoms with Crippen molar-refractivity contribution in [3.05, 3.63) is 28.8 Å². The normalized spacial score (nSPS) is 19.5. The summed E-state index contributed by atoms with van der Waals surface area (Å²) in [6.45, 7) is 7.10. The van der Waals surface area contributed by atoms with Crippen molar-refractivity contribution in [2.45, 2.75) is 44.6 Å². The fourth-order valence-electron chi connectivity index (χ4n) is 3.26. The third-order valence-corrected chi connectivity index (χ3v) is 6.19. The Morgan fingerprint density at radius 1 is 1.24 bits per heavy atom. The molecule has 1 aliphatic heterocycles. The predicted molar refractivity (Wildman–Crippen MR) is 88.7 cm³/mol. The second kappa shape index (κ2) is 7.09. The predicted octanol–water partition coefficient (Wildman–Crippen LogP) is 2.41. The van der Waals surface area contributed by atoms with Crippen molar-refractivity contribution < 1.29 is 8.42 Å². The van der Waals surface area contributed by atoms with Crippen LogP contribution in [-0.2, 0) is 10.0 Å². The molecule has 4 nitrogen and oxygen atoms in total. The highest BCUT2D eigenvalue weighted by molar-refractivity contribution is 7.89. The van der Waals surface area contributed by atoms with Crippen molar-refractivity contribution in [3.8, 4) is 0 Å². The lowest BCUT2D eigenvalue weighted by Gasteiger charge is -2.25. The van der Waals surface area contributed by atoms with Gasteiger partial charge >= 0.3 is 0 Å². The van der Waals surface area contributed by atoms with E-state index in [-0.39, 0.29) is 18.4 Å². The highest BCUT2D eigenvalue weighted by Gasteiger charge is 2.36. The van der Waals surface area contributed by atoms with E-state index < -0.39 is 10.0 Å². The summed E-state index contributed by atoms with van der Waals surface area (Å²) in [5, 5.41) is 3.10. The Hall–Kier alpha value is -0.620. The molecule has 1 aliphatic rings. The van der Waals surface area contributed by atoms with Crippen LogP contribution in [0.4, 0.5) is 0 Å². The van der Waals surface area contributed by atoms with Crippen molar-refractivity contribution in [3.63, 3.8) is 0 Å². The van der Waals surface area contributed by atoms with Gasteiger partial charge in [0.1, 0.15) is 0 Å². The lowest BCUT2D eigenvalue weighted by Crippen LogP contribution is -2.41. The van der Waals surface area contributed by atoms with Gasteiger partial charge in [0.25, 0.3) is 0 Å². The van der Waals surface area contributed by atoms with Crippen molar-refractivity contribution >= 4 is 22.4 Å². The Kier molecular flexibility index (Phi) is 6.23. The Balaban J connectivity index is 0.00000220. The van der Waals surface area contributed by atoms with E-state index in [1.807, 2.05) is 40.0 Å². The van der Waals surface area contributed by atoms with Crippen LogP contribution in [0.15, 0.2) is 17.0 Å². The first-order valence-corrected chi connectivity index (χ1v) is 8.56. The van der Waals surface area contributed by atoms with Crippen LogP contribution in [0.1, 0.15) is 29.5 Å². The second-order valence-electron chi connectivity index (χ2n) is 5.70. The van der Waals surface area contributed by atoms with E-state index in [4.69, 9.17) is 0 Å². The molecule has 0 spiro atoms. The van der Waals surface area contributed by atoms with E-state index in [0.717, 1.165) is 29.5 Å². The van der Waals surface area contributed by atoms with E-state index in [0.29, 0.717) is 18.0 Å². The summed E-state index contributed by atoms with van der Waals surface area (Å²) < 4.78 is 27.6. The minimum Gasteiger partial charge on any atom is -0.318 e. The first-order chi connectivity index (χ1) is 9.37. The molecule has 6 heteroatoms. The molecule has 1 unspecified atom stereocenters. The Morgan fingerprint density at radius 2 is 1.81 bits per heavy atom.